The van der Waals surface area contributed by atoms with Crippen LogP contribution in [-0.4, -0.2) is 20.1 Å². The smallest absolute Gasteiger partial charge is 0.0980 e. The predicted octanol–water partition coefficient (Wildman–Crippen LogP) is 2.93. The lowest BCUT2D eigenvalue weighted by Crippen LogP contribution is -2.08. The number of aliphatic hydroxyl groups excluding tert-OH is 1. The van der Waals surface area contributed by atoms with Gasteiger partial charge < -0.3 is 5.11 Å². The van der Waals surface area contributed by atoms with E-state index in [1.54, 1.807) is 10.9 Å². The monoisotopic (exact) mass is 279 g/mol. The van der Waals surface area contributed by atoms with Crippen LogP contribution in [0.25, 0.3) is 5.69 Å². The highest BCUT2D eigenvalue weighted by atomic mass is 16.3. The molecule has 0 fully saturated rings. The molecule has 21 heavy (non-hydrogen) atoms. The summed E-state index contributed by atoms with van der Waals surface area (Å²) < 4.78 is 1.69. The molecule has 0 saturated heterocycles. The van der Waals surface area contributed by atoms with E-state index in [1.807, 2.05) is 48.5 Å². The van der Waals surface area contributed by atoms with E-state index in [-0.39, 0.29) is 0 Å². The first kappa shape index (κ1) is 13.5. The number of rotatable bonds is 5. The van der Waals surface area contributed by atoms with Gasteiger partial charge in [0.05, 0.1) is 23.7 Å². The number of nitrogens with zero attached hydrogens (tertiary/aromatic N) is 3. The molecule has 0 radical (unpaired) electrons. The summed E-state index contributed by atoms with van der Waals surface area (Å²) in [5.41, 5.74) is 2.84. The normalized spacial score (nSPS) is 12.2. The maximum absolute atomic E-state index is 10.4. The van der Waals surface area contributed by atoms with Gasteiger partial charge in [-0.2, -0.15) is 0 Å². The zero-order valence-electron chi connectivity index (χ0n) is 11.6. The molecule has 0 spiro atoms. The van der Waals surface area contributed by atoms with Crippen molar-refractivity contribution in [3.63, 3.8) is 0 Å². The van der Waals surface area contributed by atoms with E-state index in [0.717, 1.165) is 17.8 Å². The number of para-hydroxylation sites is 1. The molecular weight excluding hydrogens is 262 g/mol. The number of benzene rings is 2. The van der Waals surface area contributed by atoms with Gasteiger partial charge in [-0.25, -0.2) is 4.68 Å². The molecule has 0 saturated carbocycles. The molecular formula is C17H17N3O. The molecule has 2 aromatic carbocycles. The molecule has 1 N–H and O–H groups in total. The second kappa shape index (κ2) is 6.33. The Labute approximate surface area is 123 Å². The molecule has 4 nitrogen and oxygen atoms in total. The van der Waals surface area contributed by atoms with Crippen molar-refractivity contribution < 1.29 is 5.11 Å². The van der Waals surface area contributed by atoms with Crippen molar-refractivity contribution in [1.29, 1.82) is 0 Å². The number of aliphatic hydroxyl groups is 1. The minimum absolute atomic E-state index is 0.583. The van der Waals surface area contributed by atoms with Gasteiger partial charge in [0.2, 0.25) is 0 Å². The fraction of sp³-hybridized carbons (Fsp3) is 0.176. The summed E-state index contributed by atoms with van der Waals surface area (Å²) in [6, 6.07) is 19.9. The second-order valence-corrected chi connectivity index (χ2v) is 4.95. The quantitative estimate of drug-likeness (QED) is 0.781. The number of aromatic nitrogens is 3. The Morgan fingerprint density at radius 2 is 1.62 bits per heavy atom. The van der Waals surface area contributed by atoms with Crippen LogP contribution in [-0.2, 0) is 6.42 Å². The van der Waals surface area contributed by atoms with Gasteiger partial charge in [0.1, 0.15) is 0 Å². The van der Waals surface area contributed by atoms with Gasteiger partial charge in [-0.3, -0.25) is 0 Å². The van der Waals surface area contributed by atoms with Crippen molar-refractivity contribution in [2.45, 2.75) is 18.9 Å². The number of hydrogen-bond donors (Lipinski definition) is 1. The summed E-state index contributed by atoms with van der Waals surface area (Å²) in [5, 5.41) is 18.4. The first-order valence-corrected chi connectivity index (χ1v) is 7.02. The van der Waals surface area contributed by atoms with E-state index in [2.05, 4.69) is 22.4 Å². The molecule has 3 aromatic rings. The predicted molar refractivity (Wildman–Crippen MR) is 81.1 cm³/mol. The molecule has 1 atom stereocenters. The lowest BCUT2D eigenvalue weighted by Gasteiger charge is -2.12. The zero-order chi connectivity index (χ0) is 14.5. The van der Waals surface area contributed by atoms with Gasteiger partial charge >= 0.3 is 0 Å². The third-order valence-electron chi connectivity index (χ3n) is 3.47. The molecule has 1 unspecified atom stereocenters. The van der Waals surface area contributed by atoms with E-state index in [4.69, 9.17) is 0 Å². The topological polar surface area (TPSA) is 50.9 Å². The number of hydrogen-bond acceptors (Lipinski definition) is 3. The Morgan fingerprint density at radius 3 is 2.33 bits per heavy atom. The van der Waals surface area contributed by atoms with Gasteiger partial charge in [0, 0.05) is 0 Å². The largest absolute Gasteiger partial charge is 0.387 e. The Balaban J connectivity index is 1.74. The van der Waals surface area contributed by atoms with Crippen LogP contribution < -0.4 is 0 Å². The van der Waals surface area contributed by atoms with E-state index in [0.29, 0.717) is 6.42 Å². The van der Waals surface area contributed by atoms with Crippen molar-refractivity contribution in [3.05, 3.63) is 78.1 Å². The average Bonchev–Trinajstić information content (AvgIpc) is 3.04. The molecule has 0 aliphatic carbocycles. The van der Waals surface area contributed by atoms with Gasteiger partial charge in [0.15, 0.2) is 0 Å². The highest BCUT2D eigenvalue weighted by Crippen LogP contribution is 2.20. The molecule has 0 amide bonds. The third kappa shape index (κ3) is 3.17. The standard InChI is InChI=1S/C17H17N3O/c21-17(12-11-14-7-3-1-4-8-14)16-13-18-19-20(16)15-9-5-2-6-10-15/h1-10,13,17,21H,11-12H2. The Hall–Kier alpha value is -2.46. The van der Waals surface area contributed by atoms with Crippen molar-refractivity contribution >= 4 is 0 Å². The molecule has 106 valence electrons. The lowest BCUT2D eigenvalue weighted by atomic mass is 10.1. The lowest BCUT2D eigenvalue weighted by molar-refractivity contribution is 0.160. The molecule has 3 rings (SSSR count). The summed E-state index contributed by atoms with van der Waals surface area (Å²) in [7, 11) is 0. The van der Waals surface area contributed by atoms with Crippen LogP contribution in [0.2, 0.25) is 0 Å². The Bertz CT molecular complexity index is 680. The van der Waals surface area contributed by atoms with Crippen molar-refractivity contribution in [3.8, 4) is 5.69 Å². The summed E-state index contributed by atoms with van der Waals surface area (Å²) >= 11 is 0. The van der Waals surface area contributed by atoms with Crippen LogP contribution in [0.15, 0.2) is 66.9 Å². The van der Waals surface area contributed by atoms with Crippen molar-refractivity contribution in [1.82, 2.24) is 15.0 Å². The number of aryl methyl sites for hydroxylation is 1. The summed E-state index contributed by atoms with van der Waals surface area (Å²) in [4.78, 5) is 0. The SMILES string of the molecule is OC(CCc1ccccc1)c1cnnn1-c1ccccc1. The van der Waals surface area contributed by atoms with Gasteiger partial charge in [0.25, 0.3) is 0 Å². The van der Waals surface area contributed by atoms with E-state index < -0.39 is 6.10 Å². The highest BCUT2D eigenvalue weighted by Gasteiger charge is 2.15. The molecule has 0 aliphatic heterocycles. The maximum atomic E-state index is 10.4. The molecule has 0 bridgehead atoms. The van der Waals surface area contributed by atoms with Crippen LogP contribution in [0.1, 0.15) is 23.8 Å². The van der Waals surface area contributed by atoms with Crippen LogP contribution in [0.4, 0.5) is 0 Å². The zero-order valence-corrected chi connectivity index (χ0v) is 11.6. The van der Waals surface area contributed by atoms with Crippen molar-refractivity contribution in [2.75, 3.05) is 0 Å². The second-order valence-electron chi connectivity index (χ2n) is 4.95. The van der Waals surface area contributed by atoms with Gasteiger partial charge in [-0.15, -0.1) is 5.10 Å². The summed E-state index contributed by atoms with van der Waals surface area (Å²) in [5.74, 6) is 0. The summed E-state index contributed by atoms with van der Waals surface area (Å²) in [6.45, 7) is 0. The Kier molecular flexibility index (Phi) is 4.07. The fourth-order valence-electron chi connectivity index (χ4n) is 2.34. The minimum Gasteiger partial charge on any atom is -0.387 e. The van der Waals surface area contributed by atoms with Crippen LogP contribution in [0, 0.1) is 0 Å². The minimum atomic E-state index is -0.583. The summed E-state index contributed by atoms with van der Waals surface area (Å²) in [6.07, 6.45) is 2.51. The van der Waals surface area contributed by atoms with E-state index in [1.165, 1.54) is 5.56 Å². The van der Waals surface area contributed by atoms with Crippen LogP contribution in [0.5, 0.6) is 0 Å². The molecule has 4 heteroatoms. The van der Waals surface area contributed by atoms with E-state index in [9.17, 15) is 5.11 Å². The highest BCUT2D eigenvalue weighted by molar-refractivity contribution is 5.32. The van der Waals surface area contributed by atoms with Crippen molar-refractivity contribution in [2.24, 2.45) is 0 Å². The molecule has 0 aliphatic rings. The average molecular weight is 279 g/mol. The van der Waals surface area contributed by atoms with Crippen LogP contribution >= 0.6 is 0 Å². The Morgan fingerprint density at radius 1 is 0.952 bits per heavy atom. The van der Waals surface area contributed by atoms with Gasteiger partial charge in [-0.1, -0.05) is 53.7 Å². The first-order valence-electron chi connectivity index (χ1n) is 7.02. The first-order chi connectivity index (χ1) is 10.3. The molecule has 1 aromatic heterocycles. The maximum Gasteiger partial charge on any atom is 0.0980 e. The molecule has 1 heterocycles. The van der Waals surface area contributed by atoms with Crippen LogP contribution in [0.3, 0.4) is 0 Å². The van der Waals surface area contributed by atoms with Gasteiger partial charge in [-0.05, 0) is 30.5 Å². The fourth-order valence-corrected chi connectivity index (χ4v) is 2.34. The third-order valence-corrected chi connectivity index (χ3v) is 3.47. The van der Waals surface area contributed by atoms with E-state index >= 15 is 0 Å².